The quantitative estimate of drug-likeness (QED) is 0.825. The smallest absolute Gasteiger partial charge is 0.417 e. The van der Waals surface area contributed by atoms with Crippen molar-refractivity contribution in [1.82, 2.24) is 4.98 Å². The number of rotatable bonds is 5. The van der Waals surface area contributed by atoms with E-state index >= 15 is 0 Å². The predicted molar refractivity (Wildman–Crippen MR) is 78.9 cm³/mol. The Bertz CT molecular complexity index is 587. The summed E-state index contributed by atoms with van der Waals surface area (Å²) in [6.45, 7) is 1.34. The van der Waals surface area contributed by atoms with E-state index in [9.17, 15) is 18.0 Å². The maximum absolute atomic E-state index is 13.2. The van der Waals surface area contributed by atoms with Gasteiger partial charge >= 0.3 is 12.1 Å². The molecule has 0 spiro atoms. The fraction of sp³-hybridized carbons (Fsp3) is 0.600. The highest BCUT2D eigenvalue weighted by molar-refractivity contribution is 5.91. The number of carbonyl (C=O) groups excluding carboxylic acids is 1. The number of pyridine rings is 1. The van der Waals surface area contributed by atoms with E-state index in [4.69, 9.17) is 9.47 Å². The van der Waals surface area contributed by atoms with Crippen molar-refractivity contribution in [3.63, 3.8) is 0 Å². The molecule has 1 aliphatic heterocycles. The Hall–Kier alpha value is -1.87. The van der Waals surface area contributed by atoms with Gasteiger partial charge in [0.05, 0.1) is 23.8 Å². The molecule has 9 heteroatoms. The minimum atomic E-state index is -4.69. The Morgan fingerprint density at radius 1 is 1.38 bits per heavy atom. The molecule has 0 bridgehead atoms. The molecule has 1 N–H and O–H groups in total. The molecular weight excluding hydrogens is 329 g/mol. The molecule has 1 aliphatic rings. The van der Waals surface area contributed by atoms with Crippen molar-refractivity contribution in [3.8, 4) is 0 Å². The molecular formula is C15H19F3N2O4. The Labute approximate surface area is 137 Å². The van der Waals surface area contributed by atoms with Gasteiger partial charge < -0.3 is 19.5 Å². The van der Waals surface area contributed by atoms with Crippen LogP contribution in [0.2, 0.25) is 0 Å². The van der Waals surface area contributed by atoms with Gasteiger partial charge in [0, 0.05) is 45.9 Å². The molecule has 0 aliphatic carbocycles. The molecule has 0 aromatic carbocycles. The topological polar surface area (TPSA) is 69.7 Å². The Morgan fingerprint density at radius 3 is 2.58 bits per heavy atom. The Kier molecular flexibility index (Phi) is 5.66. The highest BCUT2D eigenvalue weighted by Gasteiger charge is 2.37. The fourth-order valence-electron chi connectivity index (χ4n) is 2.51. The van der Waals surface area contributed by atoms with Gasteiger partial charge in [-0.05, 0) is 6.07 Å². The number of alkyl halides is 3. The first kappa shape index (κ1) is 18.5. The van der Waals surface area contributed by atoms with Crippen LogP contribution in [0.25, 0.3) is 0 Å². The number of nitrogens with one attached hydrogen (secondary N) is 1. The lowest BCUT2D eigenvalue weighted by atomic mass is 9.94. The Morgan fingerprint density at radius 2 is 2.04 bits per heavy atom. The second kappa shape index (κ2) is 7.35. The lowest BCUT2D eigenvalue weighted by Gasteiger charge is -2.36. The summed E-state index contributed by atoms with van der Waals surface area (Å²) in [7, 11) is 2.57. The van der Waals surface area contributed by atoms with Gasteiger partial charge in [-0.1, -0.05) is 0 Å². The van der Waals surface area contributed by atoms with Crippen LogP contribution < -0.4 is 5.32 Å². The number of hydrogen-bond acceptors (Lipinski definition) is 6. The second-order valence-electron chi connectivity index (χ2n) is 5.46. The van der Waals surface area contributed by atoms with Crippen molar-refractivity contribution in [1.29, 1.82) is 0 Å². The molecule has 0 amide bonds. The summed E-state index contributed by atoms with van der Waals surface area (Å²) in [6.07, 6.45) is -2.58. The highest BCUT2D eigenvalue weighted by atomic mass is 19.4. The largest absolute Gasteiger partial charge is 0.465 e. The number of halogens is 3. The molecule has 0 saturated carbocycles. The van der Waals surface area contributed by atoms with E-state index in [1.165, 1.54) is 0 Å². The van der Waals surface area contributed by atoms with Gasteiger partial charge in [0.25, 0.3) is 0 Å². The molecule has 6 nitrogen and oxygen atoms in total. The standard InChI is InChI=1S/C15H19F3N2O4/c1-22-13(21)10-8-19-12(7-11(10)15(16,17)18)20-9-14(23-2)3-5-24-6-4-14/h7-8H,3-6,9H2,1-2H3,(H,19,20). The van der Waals surface area contributed by atoms with Crippen molar-refractivity contribution < 1.29 is 32.2 Å². The van der Waals surface area contributed by atoms with Gasteiger partial charge in [-0.25, -0.2) is 9.78 Å². The molecule has 2 heterocycles. The second-order valence-corrected chi connectivity index (χ2v) is 5.46. The van der Waals surface area contributed by atoms with Crippen LogP contribution >= 0.6 is 0 Å². The van der Waals surface area contributed by atoms with E-state index in [2.05, 4.69) is 15.0 Å². The van der Waals surface area contributed by atoms with Crippen molar-refractivity contribution in [3.05, 3.63) is 23.4 Å². The van der Waals surface area contributed by atoms with Crippen LogP contribution in [0.5, 0.6) is 0 Å². The molecule has 134 valence electrons. The minimum absolute atomic E-state index is 0.0119. The number of nitrogens with zero attached hydrogens (tertiary/aromatic N) is 1. The maximum atomic E-state index is 13.2. The number of ether oxygens (including phenoxy) is 3. The van der Waals surface area contributed by atoms with E-state index in [0.717, 1.165) is 19.4 Å². The Balaban J connectivity index is 2.20. The van der Waals surface area contributed by atoms with Crippen molar-refractivity contribution in [2.24, 2.45) is 0 Å². The van der Waals surface area contributed by atoms with Gasteiger partial charge in [0.15, 0.2) is 0 Å². The number of esters is 1. The van der Waals surface area contributed by atoms with E-state index in [-0.39, 0.29) is 12.4 Å². The van der Waals surface area contributed by atoms with Crippen LogP contribution in [0.15, 0.2) is 12.3 Å². The molecule has 0 atom stereocenters. The third-order valence-electron chi connectivity index (χ3n) is 4.04. The first-order valence-electron chi connectivity index (χ1n) is 7.34. The zero-order valence-electron chi connectivity index (χ0n) is 13.4. The summed E-state index contributed by atoms with van der Waals surface area (Å²) in [6, 6.07) is 0.801. The average molecular weight is 348 g/mol. The van der Waals surface area contributed by atoms with E-state index in [0.29, 0.717) is 26.1 Å². The number of aromatic nitrogens is 1. The first-order valence-corrected chi connectivity index (χ1v) is 7.34. The van der Waals surface area contributed by atoms with Crippen LogP contribution in [0.3, 0.4) is 0 Å². The zero-order chi connectivity index (χ0) is 17.8. The van der Waals surface area contributed by atoms with E-state index in [1.807, 2.05) is 0 Å². The van der Waals surface area contributed by atoms with Crippen molar-refractivity contribution in [2.45, 2.75) is 24.6 Å². The fourth-order valence-corrected chi connectivity index (χ4v) is 2.51. The molecule has 1 fully saturated rings. The van der Waals surface area contributed by atoms with Gasteiger partial charge in [-0.15, -0.1) is 0 Å². The van der Waals surface area contributed by atoms with Crippen LogP contribution in [0, 0.1) is 0 Å². The summed E-state index contributed by atoms with van der Waals surface area (Å²) in [4.78, 5) is 15.4. The molecule has 24 heavy (non-hydrogen) atoms. The normalized spacial score (nSPS) is 17.4. The zero-order valence-corrected chi connectivity index (χ0v) is 13.4. The summed E-state index contributed by atoms with van der Waals surface area (Å²) in [5.41, 5.74) is -2.23. The van der Waals surface area contributed by atoms with Gasteiger partial charge in [-0.3, -0.25) is 0 Å². The summed E-state index contributed by atoms with van der Waals surface area (Å²) < 4.78 is 54.6. The van der Waals surface area contributed by atoms with Gasteiger partial charge in [-0.2, -0.15) is 13.2 Å². The van der Waals surface area contributed by atoms with Crippen LogP contribution in [-0.4, -0.2) is 50.5 Å². The lowest BCUT2D eigenvalue weighted by molar-refractivity contribution is -0.138. The van der Waals surface area contributed by atoms with Crippen molar-refractivity contribution >= 4 is 11.8 Å². The number of methoxy groups -OCH3 is 2. The first-order chi connectivity index (χ1) is 11.3. The lowest BCUT2D eigenvalue weighted by Crippen LogP contribution is -2.44. The van der Waals surface area contributed by atoms with Crippen molar-refractivity contribution in [2.75, 3.05) is 39.3 Å². The number of hydrogen-bond donors (Lipinski definition) is 1. The number of carbonyl (C=O) groups is 1. The predicted octanol–water partition coefficient (Wildman–Crippen LogP) is 2.49. The molecule has 0 unspecified atom stereocenters. The minimum Gasteiger partial charge on any atom is -0.465 e. The van der Waals surface area contributed by atoms with Crippen LogP contribution in [-0.2, 0) is 20.4 Å². The monoisotopic (exact) mass is 348 g/mol. The number of anilines is 1. The molecule has 1 saturated heterocycles. The molecule has 2 rings (SSSR count). The highest BCUT2D eigenvalue weighted by Crippen LogP contribution is 2.33. The molecule has 1 aromatic heterocycles. The third kappa shape index (κ3) is 4.15. The van der Waals surface area contributed by atoms with Gasteiger partial charge in [0.2, 0.25) is 0 Å². The average Bonchev–Trinajstić information content (AvgIpc) is 2.59. The summed E-state index contributed by atoms with van der Waals surface area (Å²) in [5.74, 6) is -1.07. The molecule has 1 aromatic rings. The van der Waals surface area contributed by atoms with Crippen LogP contribution in [0.1, 0.15) is 28.8 Å². The maximum Gasteiger partial charge on any atom is 0.417 e. The summed E-state index contributed by atoms with van der Waals surface area (Å²) in [5, 5.41) is 2.86. The van der Waals surface area contributed by atoms with E-state index < -0.39 is 28.9 Å². The van der Waals surface area contributed by atoms with Crippen LogP contribution in [0.4, 0.5) is 19.0 Å². The van der Waals surface area contributed by atoms with Gasteiger partial charge in [0.1, 0.15) is 5.82 Å². The third-order valence-corrected chi connectivity index (χ3v) is 4.04. The summed E-state index contributed by atoms with van der Waals surface area (Å²) >= 11 is 0. The van der Waals surface area contributed by atoms with E-state index in [1.54, 1.807) is 7.11 Å². The SMILES string of the molecule is COC(=O)c1cnc(NCC2(OC)CCOCC2)cc1C(F)(F)F. The molecule has 0 radical (unpaired) electrons.